The van der Waals surface area contributed by atoms with Crippen LogP contribution in [0.25, 0.3) is 11.2 Å². The van der Waals surface area contributed by atoms with Crippen molar-refractivity contribution in [2.24, 2.45) is 0 Å². The summed E-state index contributed by atoms with van der Waals surface area (Å²) in [6.45, 7) is 2.12. The lowest BCUT2D eigenvalue weighted by atomic mass is 10.1. The summed E-state index contributed by atoms with van der Waals surface area (Å²) in [5.41, 5.74) is 7.72. The summed E-state index contributed by atoms with van der Waals surface area (Å²) in [7, 11) is 3.75. The number of piperidine rings is 1. The van der Waals surface area contributed by atoms with E-state index in [4.69, 9.17) is 10.5 Å². The van der Waals surface area contributed by atoms with Crippen molar-refractivity contribution in [1.29, 1.82) is 0 Å². The second-order valence-corrected chi connectivity index (χ2v) is 5.09. The van der Waals surface area contributed by atoms with Crippen LogP contribution in [0.1, 0.15) is 18.9 Å². The molecule has 0 spiro atoms. The predicted octanol–water partition coefficient (Wildman–Crippen LogP) is 1.29. The van der Waals surface area contributed by atoms with Gasteiger partial charge in [-0.25, -0.2) is 4.98 Å². The van der Waals surface area contributed by atoms with Crippen LogP contribution in [-0.4, -0.2) is 46.7 Å². The molecule has 1 saturated heterocycles. The maximum Gasteiger partial charge on any atom is 0.215 e. The number of hydrogen-bond donors (Lipinski definition) is 1. The van der Waals surface area contributed by atoms with Crippen molar-refractivity contribution in [3.63, 3.8) is 0 Å². The van der Waals surface area contributed by atoms with E-state index in [1.165, 1.54) is 6.42 Å². The van der Waals surface area contributed by atoms with E-state index < -0.39 is 0 Å². The highest BCUT2D eigenvalue weighted by Crippen LogP contribution is 2.28. The zero-order valence-corrected chi connectivity index (χ0v) is 11.3. The lowest BCUT2D eigenvalue weighted by molar-refractivity contribution is 0.215. The van der Waals surface area contributed by atoms with Gasteiger partial charge in [-0.1, -0.05) is 0 Å². The van der Waals surface area contributed by atoms with Crippen LogP contribution in [0.15, 0.2) is 12.1 Å². The first-order chi connectivity index (χ1) is 9.19. The van der Waals surface area contributed by atoms with E-state index >= 15 is 0 Å². The lowest BCUT2D eigenvalue weighted by Gasteiger charge is -2.31. The monoisotopic (exact) mass is 261 g/mol. The number of nitrogen functional groups attached to an aromatic ring is 1. The number of imidazole rings is 1. The molecule has 1 aliphatic rings. The fraction of sp³-hybridized carbons (Fsp3) is 0.538. The molecule has 6 nitrogen and oxygen atoms in total. The second-order valence-electron chi connectivity index (χ2n) is 5.09. The summed E-state index contributed by atoms with van der Waals surface area (Å²) >= 11 is 0. The maximum atomic E-state index is 6.07. The van der Waals surface area contributed by atoms with Gasteiger partial charge in [-0.15, -0.1) is 0 Å². The minimum atomic E-state index is 0.336. The normalized spacial score (nSPS) is 20.8. The summed E-state index contributed by atoms with van der Waals surface area (Å²) in [6.07, 6.45) is 2.28. The molecular formula is C13H19N5O. The molecule has 1 aliphatic heterocycles. The van der Waals surface area contributed by atoms with Crippen LogP contribution in [-0.2, 0) is 0 Å². The average molecular weight is 261 g/mol. The Morgan fingerprint density at radius 2 is 2.21 bits per heavy atom. The van der Waals surface area contributed by atoms with Crippen LogP contribution in [0.3, 0.4) is 0 Å². The molecule has 2 aromatic rings. The van der Waals surface area contributed by atoms with Gasteiger partial charge in [-0.2, -0.15) is 4.98 Å². The third kappa shape index (κ3) is 2.12. The number of pyridine rings is 1. The fourth-order valence-corrected chi connectivity index (χ4v) is 2.80. The van der Waals surface area contributed by atoms with Gasteiger partial charge in [0.1, 0.15) is 5.52 Å². The Balaban J connectivity index is 2.08. The minimum absolute atomic E-state index is 0.336. The molecule has 1 atom stereocenters. The van der Waals surface area contributed by atoms with E-state index in [9.17, 15) is 0 Å². The Bertz CT molecular complexity index is 594. The minimum Gasteiger partial charge on any atom is -0.481 e. The van der Waals surface area contributed by atoms with Crippen LogP contribution >= 0.6 is 0 Å². The highest BCUT2D eigenvalue weighted by Gasteiger charge is 2.23. The molecule has 2 N–H and O–H groups in total. The van der Waals surface area contributed by atoms with E-state index in [0.29, 0.717) is 17.9 Å². The summed E-state index contributed by atoms with van der Waals surface area (Å²) in [4.78, 5) is 11.2. The number of rotatable bonds is 2. The van der Waals surface area contributed by atoms with Crippen molar-refractivity contribution < 1.29 is 4.74 Å². The molecule has 6 heteroatoms. The summed E-state index contributed by atoms with van der Waals surface area (Å²) in [6, 6.07) is 4.05. The number of fused-ring (bicyclic) bond motifs is 1. The molecule has 3 rings (SSSR count). The zero-order chi connectivity index (χ0) is 13.4. The van der Waals surface area contributed by atoms with Gasteiger partial charge in [0.15, 0.2) is 5.65 Å². The van der Waals surface area contributed by atoms with Crippen molar-refractivity contribution in [3.05, 3.63) is 12.1 Å². The van der Waals surface area contributed by atoms with Gasteiger partial charge in [0.05, 0.1) is 13.2 Å². The zero-order valence-electron chi connectivity index (χ0n) is 11.3. The van der Waals surface area contributed by atoms with Crippen molar-refractivity contribution in [2.45, 2.75) is 18.9 Å². The van der Waals surface area contributed by atoms with E-state index in [1.54, 1.807) is 7.11 Å². The number of likely N-dealkylation sites (N-methyl/N-ethyl adjacent to an activating group) is 1. The van der Waals surface area contributed by atoms with Crippen LogP contribution < -0.4 is 10.5 Å². The predicted molar refractivity (Wildman–Crippen MR) is 74.3 cm³/mol. The fourth-order valence-electron chi connectivity index (χ4n) is 2.80. The molecule has 1 unspecified atom stereocenters. The Labute approximate surface area is 112 Å². The van der Waals surface area contributed by atoms with Gasteiger partial charge in [-0.3, -0.25) is 4.57 Å². The van der Waals surface area contributed by atoms with E-state index in [2.05, 4.69) is 21.9 Å². The third-order valence-electron chi connectivity index (χ3n) is 3.71. The number of ether oxygens (including phenoxy) is 1. The van der Waals surface area contributed by atoms with Crippen molar-refractivity contribution in [3.8, 4) is 5.88 Å². The quantitative estimate of drug-likeness (QED) is 0.882. The topological polar surface area (TPSA) is 69.2 Å². The summed E-state index contributed by atoms with van der Waals surface area (Å²) < 4.78 is 7.24. The third-order valence-corrected chi connectivity index (χ3v) is 3.71. The standard InChI is InChI=1S/C13H19N5O/c1-17-7-3-4-9(8-17)18-12-10(15-13(18)14)5-6-11(16-12)19-2/h5-6,9H,3-4,7-8H2,1-2H3,(H2,14,15). The van der Waals surface area contributed by atoms with Gasteiger partial charge >= 0.3 is 0 Å². The van der Waals surface area contributed by atoms with E-state index in [-0.39, 0.29) is 0 Å². The SMILES string of the molecule is COc1ccc2nc(N)n(C3CCCN(C)C3)c2n1. The highest BCUT2D eigenvalue weighted by molar-refractivity contribution is 5.75. The Morgan fingerprint density at radius 1 is 1.37 bits per heavy atom. The Hall–Kier alpha value is -1.82. The maximum absolute atomic E-state index is 6.07. The van der Waals surface area contributed by atoms with Gasteiger partial charge in [0.25, 0.3) is 0 Å². The van der Waals surface area contributed by atoms with Crippen LogP contribution in [0.4, 0.5) is 5.95 Å². The molecule has 0 amide bonds. The molecule has 3 heterocycles. The first-order valence-electron chi connectivity index (χ1n) is 6.56. The Kier molecular flexibility index (Phi) is 3.02. The molecule has 0 bridgehead atoms. The van der Waals surface area contributed by atoms with Gasteiger partial charge in [0, 0.05) is 12.6 Å². The number of aromatic nitrogens is 3. The van der Waals surface area contributed by atoms with Gasteiger partial charge in [-0.05, 0) is 32.5 Å². The smallest absolute Gasteiger partial charge is 0.215 e. The number of nitrogens with two attached hydrogens (primary N) is 1. The van der Waals surface area contributed by atoms with E-state index in [1.807, 2.05) is 16.7 Å². The average Bonchev–Trinajstić information content (AvgIpc) is 2.73. The first kappa shape index (κ1) is 12.2. The van der Waals surface area contributed by atoms with Crippen LogP contribution in [0.5, 0.6) is 5.88 Å². The summed E-state index contributed by atoms with van der Waals surface area (Å²) in [5.74, 6) is 1.13. The number of nitrogens with zero attached hydrogens (tertiary/aromatic N) is 4. The van der Waals surface area contributed by atoms with Crippen LogP contribution in [0.2, 0.25) is 0 Å². The van der Waals surface area contributed by atoms with Crippen LogP contribution in [0, 0.1) is 0 Å². The van der Waals surface area contributed by atoms with Crippen molar-refractivity contribution in [2.75, 3.05) is 33.0 Å². The number of methoxy groups -OCH3 is 1. The molecule has 2 aromatic heterocycles. The lowest BCUT2D eigenvalue weighted by Crippen LogP contribution is -2.34. The molecule has 0 saturated carbocycles. The molecule has 0 radical (unpaired) electrons. The highest BCUT2D eigenvalue weighted by atomic mass is 16.5. The largest absolute Gasteiger partial charge is 0.481 e. The Morgan fingerprint density at radius 3 is 2.95 bits per heavy atom. The van der Waals surface area contributed by atoms with E-state index in [0.717, 1.165) is 30.7 Å². The molecule has 102 valence electrons. The molecule has 19 heavy (non-hydrogen) atoms. The van der Waals surface area contributed by atoms with Crippen molar-refractivity contribution in [1.82, 2.24) is 19.4 Å². The number of hydrogen-bond acceptors (Lipinski definition) is 5. The molecule has 1 fully saturated rings. The summed E-state index contributed by atoms with van der Waals surface area (Å²) in [5, 5.41) is 0. The second kappa shape index (κ2) is 4.70. The number of anilines is 1. The number of likely N-dealkylation sites (tertiary alicyclic amines) is 1. The molecule has 0 aromatic carbocycles. The van der Waals surface area contributed by atoms with Gasteiger partial charge in [0.2, 0.25) is 11.8 Å². The first-order valence-corrected chi connectivity index (χ1v) is 6.56. The molecular weight excluding hydrogens is 242 g/mol. The van der Waals surface area contributed by atoms with Crippen molar-refractivity contribution >= 4 is 17.1 Å². The van der Waals surface area contributed by atoms with Gasteiger partial charge < -0.3 is 15.4 Å². The molecule has 0 aliphatic carbocycles.